The molecule has 1 amide bonds. The SMILES string of the molecule is COc1ccc(Cn2nc(C)c(NC(=O)Cn3ccc([N+](=O)[O-])n3)c2C)cc1OC. The summed E-state index contributed by atoms with van der Waals surface area (Å²) < 4.78 is 13.6. The van der Waals surface area contributed by atoms with E-state index in [0.717, 1.165) is 11.3 Å². The van der Waals surface area contributed by atoms with Gasteiger partial charge in [0.25, 0.3) is 0 Å². The monoisotopic (exact) mass is 414 g/mol. The molecule has 2 heterocycles. The van der Waals surface area contributed by atoms with Gasteiger partial charge in [0.15, 0.2) is 11.5 Å². The highest BCUT2D eigenvalue weighted by Crippen LogP contribution is 2.28. The number of ether oxygens (including phenoxy) is 2. The molecule has 11 nitrogen and oxygen atoms in total. The second-order valence-electron chi connectivity index (χ2n) is 6.57. The maximum Gasteiger partial charge on any atom is 0.389 e. The summed E-state index contributed by atoms with van der Waals surface area (Å²) in [7, 11) is 3.15. The van der Waals surface area contributed by atoms with Crippen molar-refractivity contribution in [1.29, 1.82) is 0 Å². The van der Waals surface area contributed by atoms with Crippen LogP contribution in [0.2, 0.25) is 0 Å². The Hall–Kier alpha value is -3.89. The van der Waals surface area contributed by atoms with Crippen molar-refractivity contribution in [3.63, 3.8) is 0 Å². The highest BCUT2D eigenvalue weighted by molar-refractivity contribution is 5.91. The topological polar surface area (TPSA) is 126 Å². The van der Waals surface area contributed by atoms with E-state index in [1.165, 1.54) is 16.9 Å². The van der Waals surface area contributed by atoms with Crippen molar-refractivity contribution in [3.8, 4) is 11.5 Å². The summed E-state index contributed by atoms with van der Waals surface area (Å²) >= 11 is 0. The van der Waals surface area contributed by atoms with Crippen LogP contribution in [0, 0.1) is 24.0 Å². The van der Waals surface area contributed by atoms with E-state index in [0.29, 0.717) is 29.4 Å². The lowest BCUT2D eigenvalue weighted by atomic mass is 10.2. The van der Waals surface area contributed by atoms with E-state index in [4.69, 9.17) is 9.47 Å². The minimum atomic E-state index is -0.610. The number of methoxy groups -OCH3 is 2. The number of hydrogen-bond donors (Lipinski definition) is 1. The summed E-state index contributed by atoms with van der Waals surface area (Å²) in [5.41, 5.74) is 3.00. The average Bonchev–Trinajstić information content (AvgIpc) is 3.28. The fourth-order valence-electron chi connectivity index (χ4n) is 3.05. The van der Waals surface area contributed by atoms with Crippen LogP contribution in [0.3, 0.4) is 0 Å². The molecule has 0 radical (unpaired) electrons. The second-order valence-corrected chi connectivity index (χ2v) is 6.57. The van der Waals surface area contributed by atoms with Crippen molar-refractivity contribution in [2.75, 3.05) is 19.5 Å². The Morgan fingerprint density at radius 1 is 1.17 bits per heavy atom. The van der Waals surface area contributed by atoms with Gasteiger partial charge >= 0.3 is 5.82 Å². The lowest BCUT2D eigenvalue weighted by molar-refractivity contribution is -0.389. The van der Waals surface area contributed by atoms with Crippen LogP contribution in [-0.2, 0) is 17.9 Å². The van der Waals surface area contributed by atoms with Crippen LogP contribution >= 0.6 is 0 Å². The molecule has 0 aliphatic rings. The summed E-state index contributed by atoms with van der Waals surface area (Å²) in [4.78, 5) is 22.5. The number of aromatic nitrogens is 4. The Balaban J connectivity index is 1.73. The van der Waals surface area contributed by atoms with E-state index >= 15 is 0 Å². The van der Waals surface area contributed by atoms with Crippen LogP contribution in [0.25, 0.3) is 0 Å². The molecule has 11 heteroatoms. The molecule has 0 bridgehead atoms. The number of anilines is 1. The number of nitrogens with zero attached hydrogens (tertiary/aromatic N) is 5. The zero-order chi connectivity index (χ0) is 21.8. The third kappa shape index (κ3) is 4.40. The Labute approximate surface area is 172 Å². The molecule has 1 N–H and O–H groups in total. The van der Waals surface area contributed by atoms with Gasteiger partial charge in [-0.15, -0.1) is 0 Å². The highest BCUT2D eigenvalue weighted by atomic mass is 16.6. The molecule has 0 atom stereocenters. The molecule has 3 rings (SSSR count). The lowest BCUT2D eigenvalue weighted by Crippen LogP contribution is -2.20. The van der Waals surface area contributed by atoms with Crippen molar-refractivity contribution in [1.82, 2.24) is 19.6 Å². The third-order valence-electron chi connectivity index (χ3n) is 4.55. The number of rotatable bonds is 8. The van der Waals surface area contributed by atoms with Crippen molar-refractivity contribution >= 4 is 17.4 Å². The van der Waals surface area contributed by atoms with Gasteiger partial charge < -0.3 is 24.9 Å². The number of nitrogens with one attached hydrogen (secondary N) is 1. The first-order valence-corrected chi connectivity index (χ1v) is 9.05. The normalized spacial score (nSPS) is 10.7. The summed E-state index contributed by atoms with van der Waals surface area (Å²) in [5.74, 6) is 0.600. The van der Waals surface area contributed by atoms with Gasteiger partial charge in [-0.2, -0.15) is 9.78 Å². The molecule has 0 saturated carbocycles. The smallest absolute Gasteiger partial charge is 0.389 e. The van der Waals surface area contributed by atoms with Crippen molar-refractivity contribution in [3.05, 3.63) is 57.5 Å². The largest absolute Gasteiger partial charge is 0.493 e. The summed E-state index contributed by atoms with van der Waals surface area (Å²) in [6.07, 6.45) is 1.39. The highest BCUT2D eigenvalue weighted by Gasteiger charge is 2.18. The molecule has 0 unspecified atom stereocenters. The van der Waals surface area contributed by atoms with E-state index in [9.17, 15) is 14.9 Å². The van der Waals surface area contributed by atoms with Crippen molar-refractivity contribution in [2.24, 2.45) is 0 Å². The molecule has 1 aromatic carbocycles. The molecule has 0 fully saturated rings. The van der Waals surface area contributed by atoms with E-state index in [2.05, 4.69) is 15.5 Å². The van der Waals surface area contributed by atoms with E-state index in [1.54, 1.807) is 25.8 Å². The fourth-order valence-corrected chi connectivity index (χ4v) is 3.05. The van der Waals surface area contributed by atoms with E-state index in [1.807, 2.05) is 25.1 Å². The standard InChI is InChI=1S/C19H22N6O5/c1-12-19(20-18(26)11-23-8-7-17(22-23)25(27)28)13(2)24(21-12)10-14-5-6-15(29-3)16(9-14)30-4/h5-9H,10-11H2,1-4H3,(H,20,26). The van der Waals surface area contributed by atoms with Crippen LogP contribution in [-0.4, -0.2) is 44.6 Å². The summed E-state index contributed by atoms with van der Waals surface area (Å²) in [6, 6.07) is 6.86. The molecular formula is C19H22N6O5. The molecule has 2 aromatic heterocycles. The Morgan fingerprint density at radius 2 is 1.90 bits per heavy atom. The number of carbonyl (C=O) groups is 1. The van der Waals surface area contributed by atoms with E-state index in [-0.39, 0.29) is 18.3 Å². The molecule has 158 valence electrons. The Morgan fingerprint density at radius 3 is 2.53 bits per heavy atom. The fraction of sp³-hybridized carbons (Fsp3) is 0.316. The number of nitro groups is 1. The lowest BCUT2D eigenvalue weighted by Gasteiger charge is -2.11. The van der Waals surface area contributed by atoms with Crippen LogP contribution < -0.4 is 14.8 Å². The number of benzene rings is 1. The molecular weight excluding hydrogens is 392 g/mol. The predicted octanol–water partition coefficient (Wildman–Crippen LogP) is 2.31. The second kappa shape index (κ2) is 8.64. The van der Waals surface area contributed by atoms with Gasteiger partial charge in [-0.1, -0.05) is 6.07 Å². The minimum absolute atomic E-state index is 0.145. The predicted molar refractivity (Wildman–Crippen MR) is 108 cm³/mol. The quantitative estimate of drug-likeness (QED) is 0.443. The van der Waals surface area contributed by atoms with Gasteiger partial charge in [-0.3, -0.25) is 9.48 Å². The van der Waals surface area contributed by atoms with Gasteiger partial charge in [0, 0.05) is 0 Å². The molecule has 3 aromatic rings. The van der Waals surface area contributed by atoms with Gasteiger partial charge in [0.2, 0.25) is 5.91 Å². The van der Waals surface area contributed by atoms with Crippen molar-refractivity contribution < 1.29 is 19.2 Å². The minimum Gasteiger partial charge on any atom is -0.493 e. The Kier molecular flexibility index (Phi) is 6.00. The van der Waals surface area contributed by atoms with Crippen LogP contribution in [0.5, 0.6) is 11.5 Å². The number of aryl methyl sites for hydroxylation is 1. The molecule has 0 aliphatic carbocycles. The Bertz CT molecular complexity index is 1090. The molecule has 0 aliphatic heterocycles. The van der Waals surface area contributed by atoms with Crippen molar-refractivity contribution in [2.45, 2.75) is 26.9 Å². The first kappa shape index (κ1) is 20.8. The van der Waals surface area contributed by atoms with Gasteiger partial charge in [0.05, 0.1) is 55.2 Å². The zero-order valence-corrected chi connectivity index (χ0v) is 17.1. The van der Waals surface area contributed by atoms with Crippen LogP contribution in [0.4, 0.5) is 11.5 Å². The van der Waals surface area contributed by atoms with Gasteiger partial charge in [-0.05, 0) is 36.5 Å². The number of carbonyl (C=O) groups excluding carboxylic acids is 1. The van der Waals surface area contributed by atoms with Crippen LogP contribution in [0.1, 0.15) is 17.0 Å². The zero-order valence-electron chi connectivity index (χ0n) is 17.1. The average molecular weight is 414 g/mol. The maximum absolute atomic E-state index is 12.4. The van der Waals surface area contributed by atoms with Crippen LogP contribution in [0.15, 0.2) is 30.5 Å². The molecule has 0 saturated heterocycles. The van der Waals surface area contributed by atoms with Gasteiger partial charge in [-0.25, -0.2) is 0 Å². The maximum atomic E-state index is 12.4. The first-order chi connectivity index (χ1) is 14.3. The first-order valence-electron chi connectivity index (χ1n) is 9.05. The number of hydrogen-bond acceptors (Lipinski definition) is 7. The van der Waals surface area contributed by atoms with Gasteiger partial charge in [0.1, 0.15) is 6.54 Å². The summed E-state index contributed by atoms with van der Waals surface area (Å²) in [5, 5.41) is 21.8. The third-order valence-corrected chi connectivity index (χ3v) is 4.55. The molecule has 0 spiro atoms. The summed E-state index contributed by atoms with van der Waals surface area (Å²) in [6.45, 7) is 3.99. The van der Waals surface area contributed by atoms with E-state index < -0.39 is 4.92 Å². The number of amides is 1. The molecule has 30 heavy (non-hydrogen) atoms.